The monoisotopic (exact) mass is 183 g/mol. The van der Waals surface area contributed by atoms with Crippen molar-refractivity contribution in [3.8, 4) is 0 Å². The van der Waals surface area contributed by atoms with Gasteiger partial charge in [0.15, 0.2) is 0 Å². The summed E-state index contributed by atoms with van der Waals surface area (Å²) in [5.41, 5.74) is 0. The van der Waals surface area contributed by atoms with E-state index in [4.69, 9.17) is 4.74 Å². The Balaban J connectivity index is 1.90. The normalized spacial score (nSPS) is 27.2. The van der Waals surface area contributed by atoms with E-state index in [1.54, 1.807) is 0 Å². The van der Waals surface area contributed by atoms with Crippen LogP contribution in [0, 0.1) is 11.8 Å². The molecule has 0 radical (unpaired) electrons. The van der Waals surface area contributed by atoms with E-state index in [1.165, 1.54) is 25.7 Å². The molecule has 1 N–H and O–H groups in total. The summed E-state index contributed by atoms with van der Waals surface area (Å²) >= 11 is 0. The molecule has 0 saturated heterocycles. The van der Waals surface area contributed by atoms with Crippen LogP contribution in [0.1, 0.15) is 32.6 Å². The molecule has 0 aromatic heterocycles. The molecule has 0 aliphatic heterocycles. The van der Waals surface area contributed by atoms with Crippen molar-refractivity contribution in [2.45, 2.75) is 44.8 Å². The standard InChI is InChI=1S/C11H21NO/c1-3-12-10(8-4-5-8)11(13-2)9-6-7-9/h8-12H,3-7H2,1-2H3. The van der Waals surface area contributed by atoms with E-state index >= 15 is 0 Å². The highest BCUT2D eigenvalue weighted by Crippen LogP contribution is 2.42. The van der Waals surface area contributed by atoms with Gasteiger partial charge < -0.3 is 10.1 Å². The third-order valence-electron chi connectivity index (χ3n) is 3.28. The summed E-state index contributed by atoms with van der Waals surface area (Å²) in [4.78, 5) is 0. The molecule has 2 unspecified atom stereocenters. The van der Waals surface area contributed by atoms with Crippen molar-refractivity contribution < 1.29 is 4.74 Å². The highest BCUT2D eigenvalue weighted by atomic mass is 16.5. The van der Waals surface area contributed by atoms with Crippen molar-refractivity contribution in [2.24, 2.45) is 11.8 Å². The lowest BCUT2D eigenvalue weighted by molar-refractivity contribution is 0.0447. The van der Waals surface area contributed by atoms with Crippen molar-refractivity contribution in [2.75, 3.05) is 13.7 Å². The third kappa shape index (κ3) is 2.23. The van der Waals surface area contributed by atoms with Gasteiger partial charge in [-0.2, -0.15) is 0 Å². The van der Waals surface area contributed by atoms with Gasteiger partial charge in [-0.25, -0.2) is 0 Å². The molecule has 2 aliphatic carbocycles. The second-order valence-electron chi connectivity index (χ2n) is 4.46. The number of rotatable bonds is 6. The van der Waals surface area contributed by atoms with Gasteiger partial charge in [-0.15, -0.1) is 0 Å². The second kappa shape index (κ2) is 3.97. The van der Waals surface area contributed by atoms with Crippen LogP contribution in [-0.4, -0.2) is 25.8 Å². The minimum Gasteiger partial charge on any atom is -0.380 e. The summed E-state index contributed by atoms with van der Waals surface area (Å²) in [5.74, 6) is 1.76. The van der Waals surface area contributed by atoms with Crippen molar-refractivity contribution in [3.05, 3.63) is 0 Å². The van der Waals surface area contributed by atoms with Crippen molar-refractivity contribution in [1.29, 1.82) is 0 Å². The van der Waals surface area contributed by atoms with Gasteiger partial charge in [-0.3, -0.25) is 0 Å². The largest absolute Gasteiger partial charge is 0.380 e. The summed E-state index contributed by atoms with van der Waals surface area (Å²) in [6.07, 6.45) is 6.07. The average Bonchev–Trinajstić information content (AvgIpc) is 2.98. The van der Waals surface area contributed by atoms with E-state index < -0.39 is 0 Å². The molecule has 2 saturated carbocycles. The molecule has 0 spiro atoms. The van der Waals surface area contributed by atoms with E-state index in [-0.39, 0.29) is 0 Å². The first-order valence-electron chi connectivity index (χ1n) is 5.63. The van der Waals surface area contributed by atoms with Gasteiger partial charge in [0.25, 0.3) is 0 Å². The van der Waals surface area contributed by atoms with Crippen molar-refractivity contribution in [1.82, 2.24) is 5.32 Å². The van der Waals surface area contributed by atoms with Crippen LogP contribution in [0.5, 0.6) is 0 Å². The topological polar surface area (TPSA) is 21.3 Å². The van der Waals surface area contributed by atoms with Gasteiger partial charge in [0.2, 0.25) is 0 Å². The number of likely N-dealkylation sites (N-methyl/N-ethyl adjacent to an activating group) is 1. The molecule has 0 bridgehead atoms. The van der Waals surface area contributed by atoms with Crippen molar-refractivity contribution >= 4 is 0 Å². The van der Waals surface area contributed by atoms with Crippen LogP contribution in [0.25, 0.3) is 0 Å². The molecule has 13 heavy (non-hydrogen) atoms. The summed E-state index contributed by atoms with van der Waals surface area (Å²) in [6.45, 7) is 3.27. The summed E-state index contributed by atoms with van der Waals surface area (Å²) in [7, 11) is 1.87. The minimum absolute atomic E-state index is 0.493. The Morgan fingerprint density at radius 3 is 2.23 bits per heavy atom. The zero-order chi connectivity index (χ0) is 9.26. The van der Waals surface area contributed by atoms with E-state index in [9.17, 15) is 0 Å². The van der Waals surface area contributed by atoms with Crippen molar-refractivity contribution in [3.63, 3.8) is 0 Å². The number of methoxy groups -OCH3 is 1. The zero-order valence-corrected chi connectivity index (χ0v) is 8.75. The molecular weight excluding hydrogens is 162 g/mol. The molecule has 0 amide bonds. The van der Waals surface area contributed by atoms with E-state index in [1.807, 2.05) is 7.11 Å². The van der Waals surface area contributed by atoms with Crippen LogP contribution >= 0.6 is 0 Å². The molecule has 2 aliphatic rings. The molecule has 2 heteroatoms. The molecule has 2 nitrogen and oxygen atoms in total. The first-order chi connectivity index (χ1) is 6.36. The first kappa shape index (κ1) is 9.47. The summed E-state index contributed by atoms with van der Waals surface area (Å²) < 4.78 is 5.63. The van der Waals surface area contributed by atoms with E-state index in [0.29, 0.717) is 12.1 Å². The van der Waals surface area contributed by atoms with Gasteiger partial charge in [-0.05, 0) is 44.1 Å². The predicted molar refractivity (Wildman–Crippen MR) is 53.7 cm³/mol. The number of hydrogen-bond donors (Lipinski definition) is 1. The quantitative estimate of drug-likeness (QED) is 0.678. The van der Waals surface area contributed by atoms with Crippen LogP contribution < -0.4 is 5.32 Å². The maximum Gasteiger partial charge on any atom is 0.0755 e. The Kier molecular flexibility index (Phi) is 2.89. The van der Waals surface area contributed by atoms with Crippen LogP contribution in [0.3, 0.4) is 0 Å². The fourth-order valence-electron chi connectivity index (χ4n) is 2.30. The van der Waals surface area contributed by atoms with Gasteiger partial charge in [-0.1, -0.05) is 6.92 Å². The van der Waals surface area contributed by atoms with Gasteiger partial charge in [0.1, 0.15) is 0 Å². The zero-order valence-electron chi connectivity index (χ0n) is 8.75. The Bertz CT molecular complexity index is 163. The lowest BCUT2D eigenvalue weighted by Crippen LogP contribution is -2.43. The Labute approximate surface area is 81.0 Å². The Morgan fingerprint density at radius 1 is 1.23 bits per heavy atom. The van der Waals surface area contributed by atoms with Gasteiger partial charge in [0, 0.05) is 13.2 Å². The lowest BCUT2D eigenvalue weighted by atomic mass is 10.0. The third-order valence-corrected chi connectivity index (χ3v) is 3.28. The molecular formula is C11H21NO. The fourth-order valence-corrected chi connectivity index (χ4v) is 2.30. The highest BCUT2D eigenvalue weighted by molar-refractivity contribution is 4.97. The number of ether oxygens (including phenoxy) is 1. The molecule has 2 fully saturated rings. The molecule has 2 rings (SSSR count). The van der Waals surface area contributed by atoms with Crippen LogP contribution in [-0.2, 0) is 4.74 Å². The highest BCUT2D eigenvalue weighted by Gasteiger charge is 2.43. The van der Waals surface area contributed by atoms with E-state index in [0.717, 1.165) is 18.4 Å². The minimum atomic E-state index is 0.493. The smallest absolute Gasteiger partial charge is 0.0755 e. The maximum atomic E-state index is 5.63. The Hall–Kier alpha value is -0.0800. The van der Waals surface area contributed by atoms with Crippen LogP contribution in [0.15, 0.2) is 0 Å². The van der Waals surface area contributed by atoms with Crippen LogP contribution in [0.4, 0.5) is 0 Å². The SMILES string of the molecule is CCNC(C1CC1)C(OC)C1CC1. The molecule has 76 valence electrons. The molecule has 0 heterocycles. The first-order valence-corrected chi connectivity index (χ1v) is 5.63. The number of nitrogens with one attached hydrogen (secondary N) is 1. The van der Waals surface area contributed by atoms with E-state index in [2.05, 4.69) is 12.2 Å². The Morgan fingerprint density at radius 2 is 1.85 bits per heavy atom. The lowest BCUT2D eigenvalue weighted by Gasteiger charge is -2.26. The maximum absolute atomic E-state index is 5.63. The summed E-state index contributed by atoms with van der Waals surface area (Å²) in [5, 5.41) is 3.59. The fraction of sp³-hybridized carbons (Fsp3) is 1.00. The number of hydrogen-bond acceptors (Lipinski definition) is 2. The van der Waals surface area contributed by atoms with Gasteiger partial charge >= 0.3 is 0 Å². The average molecular weight is 183 g/mol. The molecule has 0 aromatic rings. The predicted octanol–water partition coefficient (Wildman–Crippen LogP) is 1.80. The van der Waals surface area contributed by atoms with Gasteiger partial charge in [0.05, 0.1) is 6.10 Å². The van der Waals surface area contributed by atoms with Crippen LogP contribution in [0.2, 0.25) is 0 Å². The second-order valence-corrected chi connectivity index (χ2v) is 4.46. The summed E-state index contributed by atoms with van der Waals surface area (Å²) in [6, 6.07) is 0.641. The molecule has 0 aromatic carbocycles. The molecule has 2 atom stereocenters.